The summed E-state index contributed by atoms with van der Waals surface area (Å²) < 4.78 is 48.9. The maximum absolute atomic E-state index is 11.4. The minimum Gasteiger partial charge on any atom is -0.412 e. The quantitative estimate of drug-likeness (QED) is 0.0749. The highest BCUT2D eigenvalue weighted by Gasteiger charge is 2.38. The molecular formula is C30H47BrN8O5S3Si2. The fourth-order valence-electron chi connectivity index (χ4n) is 3.28. The van der Waals surface area contributed by atoms with Crippen molar-refractivity contribution >= 4 is 87.6 Å². The van der Waals surface area contributed by atoms with Crippen LogP contribution in [-0.2, 0) is 43.0 Å². The largest absolute Gasteiger partial charge is 0.412 e. The second-order valence-corrected chi connectivity index (χ2v) is 27.8. The van der Waals surface area contributed by atoms with Crippen molar-refractivity contribution in [3.05, 3.63) is 58.3 Å². The summed E-state index contributed by atoms with van der Waals surface area (Å²) in [6, 6.07) is 7.62. The van der Waals surface area contributed by atoms with E-state index in [0.717, 1.165) is 32.9 Å². The highest BCUT2D eigenvalue weighted by Crippen LogP contribution is 2.38. The topological polar surface area (TPSA) is 163 Å². The van der Waals surface area contributed by atoms with Crippen molar-refractivity contribution in [2.45, 2.75) is 97.6 Å². The van der Waals surface area contributed by atoms with Gasteiger partial charge in [-0.1, -0.05) is 53.7 Å². The van der Waals surface area contributed by atoms with Gasteiger partial charge in [0.25, 0.3) is 10.1 Å². The van der Waals surface area contributed by atoms with Crippen molar-refractivity contribution in [1.29, 1.82) is 0 Å². The molecule has 0 saturated heterocycles. The monoisotopic (exact) mass is 830 g/mol. The first kappa shape index (κ1) is 41.2. The van der Waals surface area contributed by atoms with Gasteiger partial charge in [-0.05, 0) is 64.3 Å². The number of halogens is 1. The Labute approximate surface area is 308 Å². The zero-order valence-electron chi connectivity index (χ0n) is 29.9. The van der Waals surface area contributed by atoms with E-state index in [2.05, 4.69) is 123 Å². The van der Waals surface area contributed by atoms with Crippen molar-refractivity contribution in [2.24, 2.45) is 0 Å². The Morgan fingerprint density at radius 1 is 0.735 bits per heavy atom. The molecule has 49 heavy (non-hydrogen) atoms. The van der Waals surface area contributed by atoms with Crippen LogP contribution in [-0.4, -0.2) is 60.0 Å². The highest BCUT2D eigenvalue weighted by atomic mass is 79.9. The van der Waals surface area contributed by atoms with Gasteiger partial charge in [0.1, 0.15) is 35.5 Å². The zero-order chi connectivity index (χ0) is 36.7. The van der Waals surface area contributed by atoms with Gasteiger partial charge in [0.05, 0.1) is 25.2 Å². The van der Waals surface area contributed by atoms with E-state index >= 15 is 0 Å². The van der Waals surface area contributed by atoms with E-state index in [1.165, 1.54) is 35.7 Å². The molecule has 0 aliphatic carbocycles. The van der Waals surface area contributed by atoms with Gasteiger partial charge in [-0.2, -0.15) is 17.2 Å². The van der Waals surface area contributed by atoms with Gasteiger partial charge in [-0.15, -0.1) is 0 Å². The molecule has 4 aromatic rings. The third kappa shape index (κ3) is 13.1. The Bertz CT molecular complexity index is 1750. The number of hydrogen-bond acceptors (Lipinski definition) is 15. The first-order valence-electron chi connectivity index (χ1n) is 15.4. The summed E-state index contributed by atoms with van der Waals surface area (Å²) >= 11 is 6.02. The molecule has 0 fully saturated rings. The smallest absolute Gasteiger partial charge is 0.264 e. The number of nitrogens with one attached hydrogen (secondary N) is 2. The average molecular weight is 832 g/mol. The SMILES string of the molecule is CC(C)(C)[Si](C)(C)OCc1ccc(Nc2ncns2)nc1Br.CC(C)(C)[Si](C)(C)OCc1ccc(Nc2ncns2)nc1COS(C)(=O)=O. The number of nitrogens with zero attached hydrogens (tertiary/aromatic N) is 6. The molecule has 0 unspecified atom stereocenters. The maximum Gasteiger partial charge on any atom is 0.264 e. The molecule has 4 rings (SSSR count). The molecular weight excluding hydrogens is 785 g/mol. The number of rotatable bonds is 13. The molecule has 0 saturated carbocycles. The van der Waals surface area contributed by atoms with Crippen LogP contribution in [0, 0.1) is 0 Å². The summed E-state index contributed by atoms with van der Waals surface area (Å²) in [6.45, 7) is 22.8. The van der Waals surface area contributed by atoms with Crippen molar-refractivity contribution in [2.75, 3.05) is 16.9 Å². The van der Waals surface area contributed by atoms with Gasteiger partial charge in [0.15, 0.2) is 16.6 Å². The van der Waals surface area contributed by atoms with Gasteiger partial charge in [0.2, 0.25) is 10.3 Å². The van der Waals surface area contributed by atoms with Crippen molar-refractivity contribution in [3.8, 4) is 0 Å². The van der Waals surface area contributed by atoms with E-state index in [4.69, 9.17) is 13.0 Å². The molecule has 0 aliphatic heterocycles. The lowest BCUT2D eigenvalue weighted by Crippen LogP contribution is -2.40. The molecule has 0 amide bonds. The Morgan fingerprint density at radius 3 is 1.59 bits per heavy atom. The predicted octanol–water partition coefficient (Wildman–Crippen LogP) is 8.64. The maximum atomic E-state index is 11.4. The fraction of sp³-hybridized carbons (Fsp3) is 0.533. The van der Waals surface area contributed by atoms with Crippen LogP contribution in [0.25, 0.3) is 0 Å². The second-order valence-electron chi connectivity index (χ2n) is 14.3. The van der Waals surface area contributed by atoms with Crippen LogP contribution in [0.4, 0.5) is 21.9 Å². The molecule has 270 valence electrons. The molecule has 13 nitrogen and oxygen atoms in total. The van der Waals surface area contributed by atoms with Crippen LogP contribution in [0.2, 0.25) is 36.3 Å². The summed E-state index contributed by atoms with van der Waals surface area (Å²) in [5, 5.41) is 7.76. The number of hydrogen-bond donors (Lipinski definition) is 2. The van der Waals surface area contributed by atoms with E-state index in [1.54, 1.807) is 6.07 Å². The molecule has 0 atom stereocenters. The van der Waals surface area contributed by atoms with Gasteiger partial charge < -0.3 is 19.5 Å². The van der Waals surface area contributed by atoms with Crippen molar-refractivity contribution in [3.63, 3.8) is 0 Å². The van der Waals surface area contributed by atoms with Gasteiger partial charge in [0, 0.05) is 34.2 Å². The first-order chi connectivity index (χ1) is 22.6. The van der Waals surface area contributed by atoms with E-state index in [0.29, 0.717) is 29.9 Å². The fourth-order valence-corrected chi connectivity index (χ4v) is 6.82. The van der Waals surface area contributed by atoms with Crippen LogP contribution in [0.15, 0.2) is 41.5 Å². The molecule has 19 heteroatoms. The Kier molecular flexibility index (Phi) is 14.2. The molecule has 2 N–H and O–H groups in total. The molecule has 0 aliphatic rings. The van der Waals surface area contributed by atoms with Gasteiger partial charge in [-0.3, -0.25) is 4.18 Å². The summed E-state index contributed by atoms with van der Waals surface area (Å²) in [6.07, 6.45) is 3.98. The molecule has 0 aromatic carbocycles. The number of anilines is 4. The van der Waals surface area contributed by atoms with E-state index in [-0.39, 0.29) is 16.7 Å². The summed E-state index contributed by atoms with van der Waals surface area (Å²) in [7, 11) is -7.29. The number of aromatic nitrogens is 6. The van der Waals surface area contributed by atoms with Crippen LogP contribution in [0.1, 0.15) is 58.4 Å². The molecule has 0 bridgehead atoms. The van der Waals surface area contributed by atoms with Crippen LogP contribution in [0.3, 0.4) is 0 Å². The van der Waals surface area contributed by atoms with Gasteiger partial charge in [-0.25, -0.2) is 19.9 Å². The normalized spacial score (nSPS) is 12.7. The number of pyridine rings is 2. The lowest BCUT2D eigenvalue weighted by atomic mass is 10.2. The molecule has 4 aromatic heterocycles. The zero-order valence-corrected chi connectivity index (χ0v) is 35.9. The van der Waals surface area contributed by atoms with E-state index in [9.17, 15) is 8.42 Å². The second kappa shape index (κ2) is 16.9. The van der Waals surface area contributed by atoms with E-state index in [1.807, 2.05) is 18.2 Å². The Hall–Kier alpha value is -2.24. The predicted molar refractivity (Wildman–Crippen MR) is 206 cm³/mol. The Morgan fingerprint density at radius 2 is 1.18 bits per heavy atom. The summed E-state index contributed by atoms with van der Waals surface area (Å²) in [4.78, 5) is 17.1. The third-order valence-corrected chi connectivity index (χ3v) is 19.7. The average Bonchev–Trinajstić information content (AvgIpc) is 3.69. The van der Waals surface area contributed by atoms with Crippen molar-refractivity contribution in [1.82, 2.24) is 28.7 Å². The standard InChI is InChI=1S/C16H26N4O4S2Si.C14H21BrN4OSSi/c1-16(2,3)27(5,6)24-9-12-7-8-14(20-15-17-11-18-25-15)19-13(12)10-23-26(4,21)22;1-14(2,3)22(4,5)20-8-10-6-7-11(18-12(10)15)19-13-16-9-17-21-13/h7-8,11H,9-10H2,1-6H3,(H,17,18,19,20);6-7,9H,8H2,1-5H3,(H,16,17,18,19). The van der Waals surface area contributed by atoms with Crippen LogP contribution < -0.4 is 10.6 Å². The first-order valence-corrected chi connectivity index (χ1v) is 25.4. The molecule has 4 heterocycles. The van der Waals surface area contributed by atoms with Crippen LogP contribution in [0.5, 0.6) is 0 Å². The lowest BCUT2D eigenvalue weighted by Gasteiger charge is -2.36. The minimum absolute atomic E-state index is 0.0726. The van der Waals surface area contributed by atoms with Gasteiger partial charge >= 0.3 is 0 Å². The molecule has 0 spiro atoms. The third-order valence-electron chi connectivity index (χ3n) is 8.39. The summed E-state index contributed by atoms with van der Waals surface area (Å²) in [5.74, 6) is 1.27. The Balaban J connectivity index is 0.000000271. The minimum atomic E-state index is -3.58. The van der Waals surface area contributed by atoms with E-state index < -0.39 is 26.8 Å². The highest BCUT2D eigenvalue weighted by molar-refractivity contribution is 9.10. The summed E-state index contributed by atoms with van der Waals surface area (Å²) in [5.41, 5.74) is 2.35. The van der Waals surface area contributed by atoms with Crippen molar-refractivity contribution < 1.29 is 21.5 Å². The lowest BCUT2D eigenvalue weighted by molar-refractivity contribution is 0.266. The van der Waals surface area contributed by atoms with Crippen LogP contribution >= 0.6 is 39.0 Å². The molecule has 0 radical (unpaired) electrons.